The maximum atomic E-state index is 6.00. The predicted molar refractivity (Wildman–Crippen MR) is 59.5 cm³/mol. The molecule has 0 fully saturated rings. The fraction of sp³-hybridized carbons (Fsp3) is 0.333. The van der Waals surface area contributed by atoms with Gasteiger partial charge >= 0.3 is 0 Å². The van der Waals surface area contributed by atoms with Crippen LogP contribution in [-0.4, -0.2) is 12.6 Å². The van der Waals surface area contributed by atoms with E-state index in [0.29, 0.717) is 28.1 Å². The number of anilines is 2. The minimum atomic E-state index is 0.222. The molecule has 3 nitrogen and oxygen atoms in total. The van der Waals surface area contributed by atoms with Gasteiger partial charge < -0.3 is 15.8 Å². The van der Waals surface area contributed by atoms with Gasteiger partial charge in [0, 0.05) is 0 Å². The molecule has 0 aliphatic carbocycles. The van der Waals surface area contributed by atoms with Crippen LogP contribution in [0.2, 0.25) is 10.0 Å². The van der Waals surface area contributed by atoms with E-state index in [4.69, 9.17) is 33.7 Å². The van der Waals surface area contributed by atoms with Gasteiger partial charge in [0.15, 0.2) is 5.75 Å². The molecule has 1 unspecified atom stereocenters. The Bertz CT molecular complexity index is 382. The van der Waals surface area contributed by atoms with Gasteiger partial charge in [0.05, 0.1) is 22.4 Å². The van der Waals surface area contributed by atoms with E-state index >= 15 is 0 Å². The second kappa shape index (κ2) is 3.41. The average Bonchev–Trinajstić information content (AvgIpc) is 2.14. The summed E-state index contributed by atoms with van der Waals surface area (Å²) < 4.78 is 5.47. The van der Waals surface area contributed by atoms with E-state index in [1.165, 1.54) is 0 Å². The Morgan fingerprint density at radius 3 is 3.00 bits per heavy atom. The van der Waals surface area contributed by atoms with Gasteiger partial charge in [-0.15, -0.1) is 0 Å². The van der Waals surface area contributed by atoms with E-state index in [9.17, 15) is 0 Å². The molecule has 5 heteroatoms. The monoisotopic (exact) mass is 232 g/mol. The number of fused-ring (bicyclic) bond motifs is 1. The molecule has 0 saturated carbocycles. The summed E-state index contributed by atoms with van der Waals surface area (Å²) in [6.45, 7) is 2.57. The number of hydrogen-bond acceptors (Lipinski definition) is 3. The van der Waals surface area contributed by atoms with Crippen LogP contribution in [0.4, 0.5) is 11.4 Å². The van der Waals surface area contributed by atoms with Crippen molar-refractivity contribution in [2.75, 3.05) is 17.7 Å². The zero-order valence-electron chi connectivity index (χ0n) is 7.60. The number of ether oxygens (including phenoxy) is 1. The average molecular weight is 233 g/mol. The molecule has 0 saturated heterocycles. The van der Waals surface area contributed by atoms with Crippen LogP contribution in [-0.2, 0) is 0 Å². The molecule has 0 amide bonds. The lowest BCUT2D eigenvalue weighted by molar-refractivity contribution is 0.292. The Morgan fingerprint density at radius 1 is 1.57 bits per heavy atom. The molecule has 14 heavy (non-hydrogen) atoms. The summed E-state index contributed by atoms with van der Waals surface area (Å²) >= 11 is 12.0. The Hall–Kier alpha value is -0.800. The molecule has 0 aromatic heterocycles. The largest absolute Gasteiger partial charge is 0.488 e. The van der Waals surface area contributed by atoms with Crippen LogP contribution >= 0.6 is 23.2 Å². The highest BCUT2D eigenvalue weighted by Gasteiger charge is 2.22. The smallest absolute Gasteiger partial charge is 0.164 e. The first-order chi connectivity index (χ1) is 6.59. The van der Waals surface area contributed by atoms with Crippen molar-refractivity contribution >= 4 is 34.6 Å². The van der Waals surface area contributed by atoms with E-state index in [-0.39, 0.29) is 6.04 Å². The fourth-order valence-corrected chi connectivity index (χ4v) is 1.85. The number of rotatable bonds is 0. The Morgan fingerprint density at radius 2 is 2.29 bits per heavy atom. The van der Waals surface area contributed by atoms with E-state index in [1.54, 1.807) is 6.07 Å². The summed E-state index contributed by atoms with van der Waals surface area (Å²) in [5, 5.41) is 4.16. The van der Waals surface area contributed by atoms with Crippen molar-refractivity contribution in [3.05, 3.63) is 16.1 Å². The van der Waals surface area contributed by atoms with Gasteiger partial charge in [-0.2, -0.15) is 0 Å². The maximum Gasteiger partial charge on any atom is 0.164 e. The van der Waals surface area contributed by atoms with Crippen LogP contribution < -0.4 is 15.8 Å². The van der Waals surface area contributed by atoms with E-state index in [2.05, 4.69) is 5.32 Å². The van der Waals surface area contributed by atoms with Crippen molar-refractivity contribution < 1.29 is 4.74 Å². The SMILES string of the molecule is CC1COc2c(Cl)c(N)cc(Cl)c2N1. The molecule has 0 spiro atoms. The standard InChI is InChI=1S/C9H10Cl2N2O/c1-4-3-14-9-7(11)6(12)2-5(10)8(9)13-4/h2,4,13H,3,12H2,1H3. The van der Waals surface area contributed by atoms with Gasteiger partial charge in [-0.05, 0) is 13.0 Å². The van der Waals surface area contributed by atoms with Gasteiger partial charge in [-0.3, -0.25) is 0 Å². The molecule has 1 aliphatic rings. The third-order valence-corrected chi connectivity index (χ3v) is 2.76. The molecule has 1 aliphatic heterocycles. The van der Waals surface area contributed by atoms with E-state index in [1.807, 2.05) is 6.92 Å². The summed E-state index contributed by atoms with van der Waals surface area (Å²) in [6.07, 6.45) is 0. The van der Waals surface area contributed by atoms with Crippen LogP contribution in [0, 0.1) is 0 Å². The highest BCUT2D eigenvalue weighted by Crippen LogP contribution is 2.44. The topological polar surface area (TPSA) is 47.3 Å². The molecule has 76 valence electrons. The van der Waals surface area contributed by atoms with Crippen LogP contribution in [0.5, 0.6) is 5.75 Å². The first-order valence-electron chi connectivity index (χ1n) is 4.26. The van der Waals surface area contributed by atoms with Crippen LogP contribution in [0.15, 0.2) is 6.07 Å². The number of nitrogens with one attached hydrogen (secondary N) is 1. The number of nitrogen functional groups attached to an aromatic ring is 1. The zero-order valence-corrected chi connectivity index (χ0v) is 9.12. The van der Waals surface area contributed by atoms with Crippen molar-refractivity contribution in [2.24, 2.45) is 0 Å². The Balaban J connectivity index is 2.57. The second-order valence-corrected chi connectivity index (χ2v) is 4.11. The van der Waals surface area contributed by atoms with Crippen molar-refractivity contribution in [1.82, 2.24) is 0 Å². The molecule has 1 aromatic carbocycles. The van der Waals surface area contributed by atoms with Gasteiger partial charge in [0.1, 0.15) is 11.6 Å². The normalized spacial score (nSPS) is 19.5. The zero-order chi connectivity index (χ0) is 10.3. The van der Waals surface area contributed by atoms with Gasteiger partial charge in [0.2, 0.25) is 0 Å². The number of hydrogen-bond donors (Lipinski definition) is 2. The van der Waals surface area contributed by atoms with Crippen LogP contribution in [0.25, 0.3) is 0 Å². The van der Waals surface area contributed by atoms with Crippen molar-refractivity contribution in [2.45, 2.75) is 13.0 Å². The first kappa shape index (κ1) is 9.74. The molecule has 2 rings (SSSR count). The van der Waals surface area contributed by atoms with Crippen molar-refractivity contribution in [3.8, 4) is 5.75 Å². The lowest BCUT2D eigenvalue weighted by atomic mass is 10.2. The van der Waals surface area contributed by atoms with E-state index in [0.717, 1.165) is 5.69 Å². The number of benzene rings is 1. The molecule has 1 atom stereocenters. The highest BCUT2D eigenvalue weighted by atomic mass is 35.5. The third kappa shape index (κ3) is 1.47. The first-order valence-corrected chi connectivity index (χ1v) is 5.02. The molecule has 1 aromatic rings. The third-order valence-electron chi connectivity index (χ3n) is 2.07. The quantitative estimate of drug-likeness (QED) is 0.677. The van der Waals surface area contributed by atoms with Gasteiger partial charge in [-0.1, -0.05) is 23.2 Å². The van der Waals surface area contributed by atoms with Gasteiger partial charge in [-0.25, -0.2) is 0 Å². The molecular formula is C9H10Cl2N2O. The second-order valence-electron chi connectivity index (χ2n) is 3.32. The molecule has 1 heterocycles. The van der Waals surface area contributed by atoms with E-state index < -0.39 is 0 Å². The van der Waals surface area contributed by atoms with Gasteiger partial charge in [0.25, 0.3) is 0 Å². The summed E-state index contributed by atoms with van der Waals surface area (Å²) in [7, 11) is 0. The maximum absolute atomic E-state index is 6.00. The van der Waals surface area contributed by atoms with Crippen molar-refractivity contribution in [1.29, 1.82) is 0 Å². The number of halogens is 2. The van der Waals surface area contributed by atoms with Crippen LogP contribution in [0.1, 0.15) is 6.92 Å². The summed E-state index contributed by atoms with van der Waals surface area (Å²) in [4.78, 5) is 0. The van der Waals surface area contributed by atoms with Crippen molar-refractivity contribution in [3.63, 3.8) is 0 Å². The minimum absolute atomic E-state index is 0.222. The molecule has 0 radical (unpaired) electrons. The predicted octanol–water partition coefficient (Wildman–Crippen LogP) is 2.77. The Kier molecular flexibility index (Phi) is 2.37. The van der Waals surface area contributed by atoms with Crippen LogP contribution in [0.3, 0.4) is 0 Å². The summed E-state index contributed by atoms with van der Waals surface area (Å²) in [5.74, 6) is 0.551. The number of nitrogens with two attached hydrogens (primary N) is 1. The highest BCUT2D eigenvalue weighted by molar-refractivity contribution is 6.38. The molecule has 3 N–H and O–H groups in total. The fourth-order valence-electron chi connectivity index (χ4n) is 1.39. The molecular weight excluding hydrogens is 223 g/mol. The lowest BCUT2D eigenvalue weighted by Gasteiger charge is -2.26. The summed E-state index contributed by atoms with van der Waals surface area (Å²) in [6, 6.07) is 1.84. The lowest BCUT2D eigenvalue weighted by Crippen LogP contribution is -2.28. The molecule has 0 bridgehead atoms. The summed E-state index contributed by atoms with van der Waals surface area (Å²) in [5.41, 5.74) is 6.82. The minimum Gasteiger partial charge on any atom is -0.488 e. The Labute approximate surface area is 92.1 Å².